The van der Waals surface area contributed by atoms with Gasteiger partial charge in [-0.15, -0.1) is 0 Å². The fourth-order valence-electron chi connectivity index (χ4n) is 7.03. The number of aliphatic carboxylic acids is 1. The fraction of sp³-hybridized carbons (Fsp3) is 0.973. The minimum absolute atomic E-state index is 0.597. The summed E-state index contributed by atoms with van der Waals surface area (Å²) in [6.45, 7) is 6.10. The molecule has 0 aromatic rings. The van der Waals surface area contributed by atoms with E-state index in [1.54, 1.807) is 0 Å². The van der Waals surface area contributed by atoms with E-state index in [9.17, 15) is 15.0 Å². The number of likely N-dealkylation sites (tertiary alicyclic amines) is 1. The molecular formula is C37H73NO3. The third kappa shape index (κ3) is 17.9. The Morgan fingerprint density at radius 2 is 0.878 bits per heavy atom. The molecule has 41 heavy (non-hydrogen) atoms. The quantitative estimate of drug-likeness (QED) is 0.0802. The highest BCUT2D eigenvalue weighted by Gasteiger charge is 2.53. The summed E-state index contributed by atoms with van der Waals surface area (Å²) in [6, 6.07) is 0. The van der Waals surface area contributed by atoms with Crippen LogP contribution in [-0.2, 0) is 4.79 Å². The molecule has 244 valence electrons. The molecule has 1 rings (SSSR count). The van der Waals surface area contributed by atoms with Gasteiger partial charge in [-0.25, -0.2) is 0 Å². The van der Waals surface area contributed by atoms with Gasteiger partial charge in [0.1, 0.15) is 5.54 Å². The van der Waals surface area contributed by atoms with E-state index in [1.807, 2.05) is 0 Å². The molecule has 4 nitrogen and oxygen atoms in total. The van der Waals surface area contributed by atoms with E-state index in [2.05, 4.69) is 18.7 Å². The van der Waals surface area contributed by atoms with Gasteiger partial charge in [0.25, 0.3) is 0 Å². The molecule has 2 atom stereocenters. The van der Waals surface area contributed by atoms with Crippen molar-refractivity contribution in [1.82, 2.24) is 4.90 Å². The molecule has 1 aliphatic rings. The minimum Gasteiger partial charge on any atom is -0.480 e. The molecule has 1 saturated heterocycles. The van der Waals surface area contributed by atoms with Crippen molar-refractivity contribution in [3.05, 3.63) is 0 Å². The van der Waals surface area contributed by atoms with Crippen molar-refractivity contribution in [3.8, 4) is 0 Å². The Labute approximate surface area is 256 Å². The smallest absolute Gasteiger partial charge is 0.326 e. The first-order chi connectivity index (χ1) is 20.1. The van der Waals surface area contributed by atoms with Gasteiger partial charge >= 0.3 is 5.97 Å². The van der Waals surface area contributed by atoms with Crippen molar-refractivity contribution in [1.29, 1.82) is 0 Å². The summed E-state index contributed by atoms with van der Waals surface area (Å²) in [7, 11) is 0. The Bertz CT molecular complexity index is 583. The van der Waals surface area contributed by atoms with Crippen molar-refractivity contribution >= 4 is 5.97 Å². The van der Waals surface area contributed by atoms with Gasteiger partial charge in [0.2, 0.25) is 0 Å². The normalized spacial score (nSPS) is 19.3. The number of aliphatic hydroxyl groups is 1. The van der Waals surface area contributed by atoms with E-state index in [-0.39, 0.29) is 0 Å². The Kier molecular flexibility index (Phi) is 25.3. The molecule has 0 amide bonds. The Balaban J connectivity index is 2.10. The fourth-order valence-corrected chi connectivity index (χ4v) is 7.03. The lowest BCUT2D eigenvalue weighted by Gasteiger charge is -2.37. The van der Waals surface area contributed by atoms with Crippen molar-refractivity contribution in [2.24, 2.45) is 0 Å². The van der Waals surface area contributed by atoms with Crippen LogP contribution in [0.5, 0.6) is 0 Å². The number of carbonyl (C=O) groups is 1. The number of carboxylic acid groups (broad SMARTS) is 1. The van der Waals surface area contributed by atoms with Gasteiger partial charge in [-0.2, -0.15) is 0 Å². The maximum absolute atomic E-state index is 12.5. The number of aliphatic hydroxyl groups excluding tert-OH is 1. The molecule has 2 N–H and O–H groups in total. The van der Waals surface area contributed by atoms with Crippen LogP contribution in [0.1, 0.15) is 206 Å². The van der Waals surface area contributed by atoms with Gasteiger partial charge in [0.05, 0.1) is 6.10 Å². The molecular weight excluding hydrogens is 506 g/mol. The zero-order chi connectivity index (χ0) is 29.9. The van der Waals surface area contributed by atoms with Gasteiger partial charge in [-0.05, 0) is 25.8 Å². The second-order valence-electron chi connectivity index (χ2n) is 13.5. The standard InChI is InChI=1S/C37H73NO3/c1-3-5-7-9-11-13-15-17-19-21-23-25-27-29-32-37(36(40)41)35(39)31-34-38(37)33-30-28-26-24-22-20-18-16-14-12-10-8-6-4-2/h35,39H,3-34H2,1-2H3,(H,40,41)/t35?,37-/m0/s1. The van der Waals surface area contributed by atoms with E-state index in [0.717, 1.165) is 32.4 Å². The second-order valence-corrected chi connectivity index (χ2v) is 13.5. The van der Waals surface area contributed by atoms with Gasteiger partial charge < -0.3 is 10.2 Å². The number of unbranched alkanes of at least 4 members (excludes halogenated alkanes) is 26. The Morgan fingerprint density at radius 3 is 1.22 bits per heavy atom. The van der Waals surface area contributed by atoms with Crippen LogP contribution >= 0.6 is 0 Å². The van der Waals surface area contributed by atoms with Crippen LogP contribution in [0.2, 0.25) is 0 Å². The third-order valence-corrected chi connectivity index (χ3v) is 9.85. The largest absolute Gasteiger partial charge is 0.480 e. The summed E-state index contributed by atoms with van der Waals surface area (Å²) in [6.07, 6.45) is 37.4. The first kappa shape index (κ1) is 38.4. The van der Waals surface area contributed by atoms with Crippen molar-refractivity contribution < 1.29 is 15.0 Å². The number of carboxylic acids is 1. The summed E-state index contributed by atoms with van der Waals surface area (Å²) in [5.41, 5.74) is -1.05. The first-order valence-electron chi connectivity index (χ1n) is 18.8. The van der Waals surface area contributed by atoms with Gasteiger partial charge in [0.15, 0.2) is 0 Å². The van der Waals surface area contributed by atoms with Crippen LogP contribution in [-0.4, -0.2) is 45.8 Å². The highest BCUT2D eigenvalue weighted by Crippen LogP contribution is 2.35. The summed E-state index contributed by atoms with van der Waals surface area (Å²) in [4.78, 5) is 14.6. The average molecular weight is 580 g/mol. The van der Waals surface area contributed by atoms with Crippen LogP contribution < -0.4 is 0 Å². The van der Waals surface area contributed by atoms with E-state index in [4.69, 9.17) is 0 Å². The third-order valence-electron chi connectivity index (χ3n) is 9.85. The van der Waals surface area contributed by atoms with Crippen LogP contribution in [0.3, 0.4) is 0 Å². The van der Waals surface area contributed by atoms with Gasteiger partial charge in [-0.3, -0.25) is 9.69 Å². The Hall–Kier alpha value is -0.610. The predicted molar refractivity (Wildman–Crippen MR) is 178 cm³/mol. The van der Waals surface area contributed by atoms with Crippen LogP contribution in [0, 0.1) is 0 Å². The molecule has 0 saturated carbocycles. The van der Waals surface area contributed by atoms with E-state index < -0.39 is 17.6 Å². The lowest BCUT2D eigenvalue weighted by Crippen LogP contribution is -2.56. The SMILES string of the molecule is CCCCCCCCCCCCCCCCN1CCC(O)[C@@]1(CCCCCCCCCCCCCCCC)C(=O)O. The molecule has 1 unspecified atom stereocenters. The molecule has 0 spiro atoms. The summed E-state index contributed by atoms with van der Waals surface area (Å²) in [5, 5.41) is 21.0. The van der Waals surface area contributed by atoms with Crippen LogP contribution in [0.4, 0.5) is 0 Å². The Morgan fingerprint density at radius 1 is 0.561 bits per heavy atom. The first-order valence-corrected chi connectivity index (χ1v) is 18.8. The van der Waals surface area contributed by atoms with E-state index >= 15 is 0 Å². The molecule has 1 aliphatic heterocycles. The molecule has 4 heteroatoms. The van der Waals surface area contributed by atoms with Gasteiger partial charge in [0, 0.05) is 6.54 Å². The monoisotopic (exact) mass is 580 g/mol. The summed E-state index contributed by atoms with van der Waals surface area (Å²) < 4.78 is 0. The predicted octanol–water partition coefficient (Wildman–Crippen LogP) is 11.2. The van der Waals surface area contributed by atoms with E-state index in [0.29, 0.717) is 12.8 Å². The lowest BCUT2D eigenvalue weighted by molar-refractivity contribution is -0.156. The number of rotatable bonds is 31. The molecule has 0 aliphatic carbocycles. The van der Waals surface area contributed by atoms with Crippen LogP contribution in [0.25, 0.3) is 0 Å². The molecule has 0 aromatic carbocycles. The highest BCUT2D eigenvalue weighted by atomic mass is 16.4. The van der Waals surface area contributed by atoms with E-state index in [1.165, 1.54) is 161 Å². The highest BCUT2D eigenvalue weighted by molar-refractivity contribution is 5.80. The zero-order valence-electron chi connectivity index (χ0n) is 28.0. The zero-order valence-corrected chi connectivity index (χ0v) is 28.0. The number of hydrogen-bond donors (Lipinski definition) is 2. The topological polar surface area (TPSA) is 60.8 Å². The molecule has 1 heterocycles. The second kappa shape index (κ2) is 27.0. The van der Waals surface area contributed by atoms with Gasteiger partial charge in [-0.1, -0.05) is 187 Å². The van der Waals surface area contributed by atoms with Crippen LogP contribution in [0.15, 0.2) is 0 Å². The maximum atomic E-state index is 12.5. The summed E-state index contributed by atoms with van der Waals surface area (Å²) >= 11 is 0. The maximum Gasteiger partial charge on any atom is 0.326 e. The number of hydrogen-bond acceptors (Lipinski definition) is 3. The van der Waals surface area contributed by atoms with Crippen molar-refractivity contribution in [2.45, 2.75) is 218 Å². The minimum atomic E-state index is -1.05. The molecule has 0 radical (unpaired) electrons. The van der Waals surface area contributed by atoms with Crippen molar-refractivity contribution in [3.63, 3.8) is 0 Å². The summed E-state index contributed by atoms with van der Waals surface area (Å²) in [5.74, 6) is -0.803. The average Bonchev–Trinajstić information content (AvgIpc) is 3.29. The van der Waals surface area contributed by atoms with Crippen molar-refractivity contribution in [2.75, 3.05) is 13.1 Å². The molecule has 0 bridgehead atoms. The molecule has 1 fully saturated rings. The number of nitrogens with zero attached hydrogens (tertiary/aromatic N) is 1. The molecule has 0 aromatic heterocycles. The lowest BCUT2D eigenvalue weighted by atomic mass is 9.86.